The van der Waals surface area contributed by atoms with Crippen molar-refractivity contribution in [3.8, 4) is 5.75 Å². The minimum Gasteiger partial charge on any atom is -0.496 e. The molecule has 0 saturated carbocycles. The zero-order chi connectivity index (χ0) is 13.0. The molecule has 0 spiro atoms. The summed E-state index contributed by atoms with van der Waals surface area (Å²) in [4.78, 5) is 11.8. The fourth-order valence-corrected chi connectivity index (χ4v) is 2.10. The third kappa shape index (κ3) is 2.90. The van der Waals surface area contributed by atoms with Crippen molar-refractivity contribution in [2.24, 2.45) is 0 Å². The lowest BCUT2D eigenvalue weighted by molar-refractivity contribution is -0.122. The van der Waals surface area contributed by atoms with Crippen molar-refractivity contribution in [3.05, 3.63) is 28.3 Å². The van der Waals surface area contributed by atoms with E-state index in [1.54, 1.807) is 33.3 Å². The van der Waals surface area contributed by atoms with E-state index in [1.165, 1.54) is 0 Å². The number of halogens is 1. The molecule has 0 fully saturated rings. The third-order valence-corrected chi connectivity index (χ3v) is 2.80. The first-order chi connectivity index (χ1) is 8.04. The van der Waals surface area contributed by atoms with Crippen LogP contribution in [0.1, 0.15) is 17.2 Å². The number of hydrogen-bond donors (Lipinski definition) is 2. The van der Waals surface area contributed by atoms with E-state index in [2.05, 4.69) is 10.6 Å². The highest BCUT2D eigenvalue weighted by Gasteiger charge is 2.22. The van der Waals surface area contributed by atoms with Gasteiger partial charge in [0.1, 0.15) is 11.8 Å². The molecule has 1 aromatic rings. The SMILES string of the molecule is CNC(=O)C(NC)c1cc(Cl)cc(C)c1OC. The number of ether oxygens (including phenoxy) is 1. The third-order valence-electron chi connectivity index (χ3n) is 2.58. The summed E-state index contributed by atoms with van der Waals surface area (Å²) < 4.78 is 5.33. The van der Waals surface area contributed by atoms with Crippen LogP contribution in [0.2, 0.25) is 5.02 Å². The molecule has 0 saturated heterocycles. The molecule has 0 aliphatic heterocycles. The van der Waals surface area contributed by atoms with Crippen LogP contribution in [0, 0.1) is 6.92 Å². The van der Waals surface area contributed by atoms with E-state index in [0.29, 0.717) is 10.8 Å². The van der Waals surface area contributed by atoms with Gasteiger partial charge in [-0.25, -0.2) is 0 Å². The predicted molar refractivity (Wildman–Crippen MR) is 68.6 cm³/mol. The van der Waals surface area contributed by atoms with Gasteiger partial charge in [0, 0.05) is 17.6 Å². The lowest BCUT2D eigenvalue weighted by Gasteiger charge is -2.19. The van der Waals surface area contributed by atoms with Gasteiger partial charge in [0.2, 0.25) is 5.91 Å². The molecule has 0 aliphatic rings. The Morgan fingerprint density at radius 2 is 2.06 bits per heavy atom. The summed E-state index contributed by atoms with van der Waals surface area (Å²) in [6.45, 7) is 1.89. The summed E-state index contributed by atoms with van der Waals surface area (Å²) in [7, 11) is 4.89. The maximum absolute atomic E-state index is 11.8. The number of likely N-dealkylation sites (N-methyl/N-ethyl adjacent to an activating group) is 2. The fraction of sp³-hybridized carbons (Fsp3) is 0.417. The smallest absolute Gasteiger partial charge is 0.241 e. The normalized spacial score (nSPS) is 12.1. The fourth-order valence-electron chi connectivity index (χ4n) is 1.82. The van der Waals surface area contributed by atoms with Crippen LogP contribution in [0.15, 0.2) is 12.1 Å². The first-order valence-corrected chi connectivity index (χ1v) is 5.65. The number of carbonyl (C=O) groups excluding carboxylic acids is 1. The van der Waals surface area contributed by atoms with E-state index in [-0.39, 0.29) is 5.91 Å². The zero-order valence-corrected chi connectivity index (χ0v) is 11.2. The highest BCUT2D eigenvalue weighted by Crippen LogP contribution is 2.32. The summed E-state index contributed by atoms with van der Waals surface area (Å²) in [5, 5.41) is 6.14. The number of amides is 1. The number of benzene rings is 1. The van der Waals surface area contributed by atoms with E-state index in [9.17, 15) is 4.79 Å². The predicted octanol–water partition coefficient (Wildman–Crippen LogP) is 1.66. The van der Waals surface area contributed by atoms with Gasteiger partial charge in [-0.3, -0.25) is 4.79 Å². The van der Waals surface area contributed by atoms with Crippen molar-refractivity contribution in [1.82, 2.24) is 10.6 Å². The van der Waals surface area contributed by atoms with Gasteiger partial charge >= 0.3 is 0 Å². The maximum atomic E-state index is 11.8. The van der Waals surface area contributed by atoms with E-state index >= 15 is 0 Å². The molecule has 1 unspecified atom stereocenters. The number of rotatable bonds is 4. The monoisotopic (exact) mass is 256 g/mol. The second-order valence-corrected chi connectivity index (χ2v) is 4.12. The second kappa shape index (κ2) is 5.89. The number of nitrogens with one attached hydrogen (secondary N) is 2. The Bertz CT molecular complexity index is 421. The van der Waals surface area contributed by atoms with Crippen LogP contribution in [0.5, 0.6) is 5.75 Å². The number of carbonyl (C=O) groups is 1. The molecule has 0 aliphatic carbocycles. The Hall–Kier alpha value is -1.26. The molecule has 0 heterocycles. The summed E-state index contributed by atoms with van der Waals surface area (Å²) in [6, 6.07) is 3.07. The molecule has 0 aromatic heterocycles. The van der Waals surface area contributed by atoms with Crippen LogP contribution in [0.3, 0.4) is 0 Å². The summed E-state index contributed by atoms with van der Waals surface area (Å²) in [5.74, 6) is 0.546. The lowest BCUT2D eigenvalue weighted by Crippen LogP contribution is -2.34. The second-order valence-electron chi connectivity index (χ2n) is 3.68. The molecule has 2 N–H and O–H groups in total. The lowest BCUT2D eigenvalue weighted by atomic mass is 10.0. The van der Waals surface area contributed by atoms with Gasteiger partial charge in [-0.1, -0.05) is 11.6 Å². The van der Waals surface area contributed by atoms with Gasteiger partial charge in [-0.05, 0) is 31.7 Å². The zero-order valence-electron chi connectivity index (χ0n) is 10.4. The number of aryl methyl sites for hydroxylation is 1. The van der Waals surface area contributed by atoms with Crippen LogP contribution < -0.4 is 15.4 Å². The molecule has 1 amide bonds. The van der Waals surface area contributed by atoms with Crippen LogP contribution in [-0.2, 0) is 4.79 Å². The van der Waals surface area contributed by atoms with Crippen LogP contribution in [-0.4, -0.2) is 27.1 Å². The molecular formula is C12H17ClN2O2. The Morgan fingerprint density at radius 3 is 2.53 bits per heavy atom. The van der Waals surface area contributed by atoms with Crippen molar-refractivity contribution < 1.29 is 9.53 Å². The average molecular weight is 257 g/mol. The van der Waals surface area contributed by atoms with Gasteiger partial charge in [-0.15, -0.1) is 0 Å². The number of hydrogen-bond acceptors (Lipinski definition) is 3. The topological polar surface area (TPSA) is 50.4 Å². The molecule has 1 rings (SSSR count). The van der Waals surface area contributed by atoms with Crippen LogP contribution >= 0.6 is 11.6 Å². The Balaban J connectivity index is 3.31. The van der Waals surface area contributed by atoms with Crippen molar-refractivity contribution in [1.29, 1.82) is 0 Å². The van der Waals surface area contributed by atoms with Gasteiger partial charge < -0.3 is 15.4 Å². The highest BCUT2D eigenvalue weighted by molar-refractivity contribution is 6.30. The first kappa shape index (κ1) is 13.8. The van der Waals surface area contributed by atoms with Gasteiger partial charge in [-0.2, -0.15) is 0 Å². The van der Waals surface area contributed by atoms with E-state index in [0.717, 1.165) is 11.1 Å². The molecule has 5 heteroatoms. The minimum absolute atomic E-state index is 0.132. The molecule has 1 aromatic carbocycles. The molecule has 0 bridgehead atoms. The molecule has 1 atom stereocenters. The highest BCUT2D eigenvalue weighted by atomic mass is 35.5. The summed E-state index contributed by atoms with van der Waals surface area (Å²) in [6.07, 6.45) is 0. The number of methoxy groups -OCH3 is 1. The van der Waals surface area contributed by atoms with E-state index in [1.807, 2.05) is 6.92 Å². The van der Waals surface area contributed by atoms with E-state index < -0.39 is 6.04 Å². The molecular weight excluding hydrogens is 240 g/mol. The Kier molecular flexibility index (Phi) is 4.78. The molecule has 0 radical (unpaired) electrons. The standard InChI is InChI=1S/C12H17ClN2O2/c1-7-5-8(13)6-9(11(7)17-4)10(14-2)12(16)15-3/h5-6,10,14H,1-4H3,(H,15,16). The minimum atomic E-state index is -0.479. The van der Waals surface area contributed by atoms with Crippen molar-refractivity contribution in [2.45, 2.75) is 13.0 Å². The maximum Gasteiger partial charge on any atom is 0.241 e. The van der Waals surface area contributed by atoms with E-state index in [4.69, 9.17) is 16.3 Å². The molecule has 94 valence electrons. The van der Waals surface area contributed by atoms with Crippen LogP contribution in [0.4, 0.5) is 0 Å². The quantitative estimate of drug-likeness (QED) is 0.862. The van der Waals surface area contributed by atoms with Crippen molar-refractivity contribution in [2.75, 3.05) is 21.2 Å². The van der Waals surface area contributed by atoms with Gasteiger partial charge in [0.25, 0.3) is 0 Å². The first-order valence-electron chi connectivity index (χ1n) is 5.28. The van der Waals surface area contributed by atoms with Crippen molar-refractivity contribution >= 4 is 17.5 Å². The molecule has 17 heavy (non-hydrogen) atoms. The average Bonchev–Trinajstić information content (AvgIpc) is 2.29. The van der Waals surface area contributed by atoms with Gasteiger partial charge in [0.05, 0.1) is 7.11 Å². The Morgan fingerprint density at radius 1 is 1.41 bits per heavy atom. The largest absolute Gasteiger partial charge is 0.496 e. The van der Waals surface area contributed by atoms with Crippen molar-refractivity contribution in [3.63, 3.8) is 0 Å². The summed E-state index contributed by atoms with van der Waals surface area (Å²) >= 11 is 6.01. The Labute approximate surface area is 106 Å². The van der Waals surface area contributed by atoms with Gasteiger partial charge in [0.15, 0.2) is 0 Å². The summed E-state index contributed by atoms with van der Waals surface area (Å²) in [5.41, 5.74) is 1.64. The molecule has 4 nitrogen and oxygen atoms in total. The van der Waals surface area contributed by atoms with Crippen LogP contribution in [0.25, 0.3) is 0 Å².